The Morgan fingerprint density at radius 3 is 2.65 bits per heavy atom. The smallest absolute Gasteiger partial charge is 0.308 e. The maximum Gasteiger partial charge on any atom is 0.308 e. The van der Waals surface area contributed by atoms with Gasteiger partial charge in [0.1, 0.15) is 0 Å². The normalized spacial score (nSPS) is 23.7. The highest BCUT2D eigenvalue weighted by atomic mass is 79.9. The van der Waals surface area contributed by atoms with Crippen molar-refractivity contribution in [3.8, 4) is 0 Å². The number of sulfonamides is 1. The molecule has 0 aromatic carbocycles. The average molecular weight is 382 g/mol. The molecule has 1 aliphatic rings. The Hall–Kier alpha value is -0.440. The fourth-order valence-corrected chi connectivity index (χ4v) is 6.25. The Morgan fingerprint density at radius 2 is 2.10 bits per heavy atom. The van der Waals surface area contributed by atoms with Gasteiger partial charge in [-0.05, 0) is 41.8 Å². The molecule has 8 heteroatoms. The second-order valence-electron chi connectivity index (χ2n) is 4.93. The van der Waals surface area contributed by atoms with Crippen molar-refractivity contribution >= 4 is 43.3 Å². The van der Waals surface area contributed by atoms with Crippen LogP contribution in [0, 0.1) is 12.8 Å². The Labute approximate surface area is 130 Å². The lowest BCUT2D eigenvalue weighted by Gasteiger charge is -2.28. The molecule has 0 bridgehead atoms. The van der Waals surface area contributed by atoms with Crippen molar-refractivity contribution in [1.82, 2.24) is 4.72 Å². The minimum absolute atomic E-state index is 0.226. The first-order chi connectivity index (χ1) is 9.31. The van der Waals surface area contributed by atoms with Gasteiger partial charge in [-0.15, -0.1) is 11.3 Å². The van der Waals surface area contributed by atoms with Gasteiger partial charge in [-0.25, -0.2) is 13.1 Å². The second-order valence-corrected chi connectivity index (χ2v) is 9.25. The Morgan fingerprint density at radius 1 is 1.45 bits per heavy atom. The van der Waals surface area contributed by atoms with E-state index in [4.69, 9.17) is 0 Å². The zero-order valence-electron chi connectivity index (χ0n) is 10.9. The number of aliphatic carboxylic acids is 1. The fraction of sp³-hybridized carbons (Fsp3) is 0.583. The number of rotatable bonds is 4. The Balaban J connectivity index is 2.23. The van der Waals surface area contributed by atoms with Crippen molar-refractivity contribution < 1.29 is 18.3 Å². The molecule has 2 N–H and O–H groups in total. The maximum absolute atomic E-state index is 12.4. The fourth-order valence-electron chi connectivity index (χ4n) is 2.53. The minimum atomic E-state index is -3.67. The molecule has 1 fully saturated rings. The van der Waals surface area contributed by atoms with Crippen LogP contribution < -0.4 is 4.72 Å². The van der Waals surface area contributed by atoms with E-state index in [1.54, 1.807) is 13.0 Å². The SMILES string of the molecule is Cc1sc(Br)cc1S(=O)(=O)NC1CCCCC1C(=O)O. The summed E-state index contributed by atoms with van der Waals surface area (Å²) in [6.45, 7) is 1.74. The summed E-state index contributed by atoms with van der Waals surface area (Å²) in [5, 5.41) is 9.19. The summed E-state index contributed by atoms with van der Waals surface area (Å²) >= 11 is 4.61. The van der Waals surface area contributed by atoms with Crippen molar-refractivity contribution in [1.29, 1.82) is 0 Å². The van der Waals surface area contributed by atoms with Gasteiger partial charge in [0.25, 0.3) is 0 Å². The number of carboxylic acid groups (broad SMARTS) is 1. The topological polar surface area (TPSA) is 83.5 Å². The molecule has 0 saturated heterocycles. The number of hydrogen-bond donors (Lipinski definition) is 2. The van der Waals surface area contributed by atoms with E-state index in [9.17, 15) is 18.3 Å². The third-order valence-electron chi connectivity index (χ3n) is 3.52. The Kier molecular flexibility index (Phi) is 4.88. The third kappa shape index (κ3) is 3.41. The minimum Gasteiger partial charge on any atom is -0.481 e. The zero-order valence-corrected chi connectivity index (χ0v) is 14.1. The van der Waals surface area contributed by atoms with Crippen LogP contribution in [0.2, 0.25) is 0 Å². The molecule has 1 aliphatic carbocycles. The molecule has 20 heavy (non-hydrogen) atoms. The molecule has 2 rings (SSSR count). The van der Waals surface area contributed by atoms with Gasteiger partial charge in [0.2, 0.25) is 10.0 Å². The average Bonchev–Trinajstić information content (AvgIpc) is 2.69. The summed E-state index contributed by atoms with van der Waals surface area (Å²) in [6, 6.07) is 1.03. The monoisotopic (exact) mass is 381 g/mol. The van der Waals surface area contributed by atoms with Gasteiger partial charge in [0.15, 0.2) is 0 Å². The number of carbonyl (C=O) groups is 1. The van der Waals surface area contributed by atoms with E-state index in [2.05, 4.69) is 20.7 Å². The second kappa shape index (κ2) is 6.13. The molecule has 0 spiro atoms. The van der Waals surface area contributed by atoms with Crippen molar-refractivity contribution in [2.24, 2.45) is 5.92 Å². The van der Waals surface area contributed by atoms with Gasteiger partial charge < -0.3 is 5.11 Å². The van der Waals surface area contributed by atoms with Crippen molar-refractivity contribution in [2.75, 3.05) is 0 Å². The molecular weight excluding hydrogens is 366 g/mol. The molecule has 1 aromatic heterocycles. The highest BCUT2D eigenvalue weighted by Gasteiger charge is 2.34. The quantitative estimate of drug-likeness (QED) is 0.839. The van der Waals surface area contributed by atoms with E-state index in [1.807, 2.05) is 0 Å². The molecule has 5 nitrogen and oxygen atoms in total. The van der Waals surface area contributed by atoms with Crippen molar-refractivity contribution in [2.45, 2.75) is 43.5 Å². The van der Waals surface area contributed by atoms with Gasteiger partial charge in [0, 0.05) is 10.9 Å². The van der Waals surface area contributed by atoms with E-state index >= 15 is 0 Å². The summed E-state index contributed by atoms with van der Waals surface area (Å²) in [5.74, 6) is -1.57. The van der Waals surface area contributed by atoms with Crippen LogP contribution >= 0.6 is 27.3 Å². The van der Waals surface area contributed by atoms with Crippen LogP contribution in [0.5, 0.6) is 0 Å². The van der Waals surface area contributed by atoms with E-state index in [1.165, 1.54) is 11.3 Å². The van der Waals surface area contributed by atoms with Gasteiger partial charge in [-0.3, -0.25) is 4.79 Å². The van der Waals surface area contributed by atoms with Crippen LogP contribution in [0.1, 0.15) is 30.6 Å². The highest BCUT2D eigenvalue weighted by molar-refractivity contribution is 9.11. The lowest BCUT2D eigenvalue weighted by molar-refractivity contribution is -0.143. The molecule has 0 amide bonds. The largest absolute Gasteiger partial charge is 0.481 e. The predicted molar refractivity (Wildman–Crippen MR) is 80.5 cm³/mol. The van der Waals surface area contributed by atoms with E-state index in [0.717, 1.165) is 16.6 Å². The lowest BCUT2D eigenvalue weighted by Crippen LogP contribution is -2.45. The Bertz CT molecular complexity index is 611. The summed E-state index contributed by atoms with van der Waals surface area (Å²) in [6.07, 6.45) is 2.77. The molecule has 0 aliphatic heterocycles. The molecule has 1 heterocycles. The molecular formula is C12H16BrNO4S2. The molecule has 112 valence electrons. The first kappa shape index (κ1) is 15.9. The number of hydrogen-bond acceptors (Lipinski definition) is 4. The van der Waals surface area contributed by atoms with E-state index in [0.29, 0.717) is 17.7 Å². The van der Waals surface area contributed by atoms with Crippen LogP contribution in [0.3, 0.4) is 0 Å². The van der Waals surface area contributed by atoms with Crippen molar-refractivity contribution in [3.05, 3.63) is 14.7 Å². The van der Waals surface area contributed by atoms with Crippen molar-refractivity contribution in [3.63, 3.8) is 0 Å². The number of aryl methyl sites for hydroxylation is 1. The van der Waals surface area contributed by atoms with Gasteiger partial charge in [0.05, 0.1) is 14.6 Å². The summed E-state index contributed by atoms with van der Waals surface area (Å²) in [7, 11) is -3.67. The van der Waals surface area contributed by atoms with E-state index < -0.39 is 28.0 Å². The van der Waals surface area contributed by atoms with Crippen LogP contribution in [0.4, 0.5) is 0 Å². The van der Waals surface area contributed by atoms with Crippen LogP contribution in [-0.4, -0.2) is 25.5 Å². The van der Waals surface area contributed by atoms with Crippen LogP contribution in [0.15, 0.2) is 14.7 Å². The zero-order chi connectivity index (χ0) is 14.9. The predicted octanol–water partition coefficient (Wildman–Crippen LogP) is 2.74. The number of nitrogens with one attached hydrogen (secondary N) is 1. The maximum atomic E-state index is 12.4. The number of halogens is 1. The highest BCUT2D eigenvalue weighted by Crippen LogP contribution is 2.31. The number of thiophene rings is 1. The molecule has 1 aromatic rings. The van der Waals surface area contributed by atoms with E-state index in [-0.39, 0.29) is 4.90 Å². The van der Waals surface area contributed by atoms with Gasteiger partial charge >= 0.3 is 5.97 Å². The molecule has 2 atom stereocenters. The van der Waals surface area contributed by atoms with Crippen LogP contribution in [-0.2, 0) is 14.8 Å². The standard InChI is InChI=1S/C12H16BrNO4S2/c1-7-10(6-11(13)19-7)20(17,18)14-9-5-3-2-4-8(9)12(15)16/h6,8-9,14H,2-5H2,1H3,(H,15,16). The summed E-state index contributed by atoms with van der Waals surface area (Å²) in [5.41, 5.74) is 0. The third-order valence-corrected chi connectivity index (χ3v) is 6.82. The lowest BCUT2D eigenvalue weighted by atomic mass is 9.85. The molecule has 1 saturated carbocycles. The summed E-state index contributed by atoms with van der Waals surface area (Å²) in [4.78, 5) is 12.1. The summed E-state index contributed by atoms with van der Waals surface area (Å²) < 4.78 is 28.1. The van der Waals surface area contributed by atoms with Gasteiger partial charge in [-0.1, -0.05) is 12.8 Å². The van der Waals surface area contributed by atoms with Gasteiger partial charge in [-0.2, -0.15) is 0 Å². The number of carboxylic acids is 1. The first-order valence-electron chi connectivity index (χ1n) is 6.32. The molecule has 0 radical (unpaired) electrons. The first-order valence-corrected chi connectivity index (χ1v) is 9.41. The molecule has 2 unspecified atom stereocenters. The van der Waals surface area contributed by atoms with Crippen LogP contribution in [0.25, 0.3) is 0 Å².